The predicted octanol–water partition coefficient (Wildman–Crippen LogP) is 1.97. The summed E-state index contributed by atoms with van der Waals surface area (Å²) in [5.74, 6) is -1.31. The van der Waals surface area contributed by atoms with Crippen LogP contribution in [0.15, 0.2) is 18.2 Å². The summed E-state index contributed by atoms with van der Waals surface area (Å²) >= 11 is 0. The van der Waals surface area contributed by atoms with Crippen LogP contribution in [-0.4, -0.2) is 29.4 Å². The van der Waals surface area contributed by atoms with E-state index in [4.69, 9.17) is 4.74 Å². The van der Waals surface area contributed by atoms with Gasteiger partial charge in [-0.2, -0.15) is 0 Å². The highest BCUT2D eigenvalue weighted by atomic mass is 16.6. The maximum Gasteiger partial charge on any atom is 0.346 e. The van der Waals surface area contributed by atoms with Crippen molar-refractivity contribution in [2.24, 2.45) is 0 Å². The molecule has 1 atom stereocenters. The molecule has 1 N–H and O–H groups in total. The van der Waals surface area contributed by atoms with E-state index in [1.54, 1.807) is 13.0 Å². The second-order valence-corrected chi connectivity index (χ2v) is 4.56. The average Bonchev–Trinajstić information content (AvgIpc) is 2.43. The van der Waals surface area contributed by atoms with Crippen molar-refractivity contribution in [3.8, 4) is 0 Å². The zero-order valence-electron chi connectivity index (χ0n) is 12.2. The molecule has 0 saturated heterocycles. The third-order valence-electron chi connectivity index (χ3n) is 2.85. The number of rotatable bonds is 6. The molecule has 0 bridgehead atoms. The molecule has 7 heteroatoms. The van der Waals surface area contributed by atoms with Gasteiger partial charge in [0, 0.05) is 12.6 Å². The van der Waals surface area contributed by atoms with Crippen LogP contribution in [0, 0.1) is 17.0 Å². The summed E-state index contributed by atoms with van der Waals surface area (Å²) in [7, 11) is 0. The number of nitro groups is 1. The SMILES string of the molecule is CCCNC(=O)C(C)OC(=O)c1c(C)cccc1[N+](=O)[O-]. The summed E-state index contributed by atoms with van der Waals surface area (Å²) in [6.07, 6.45) is -0.251. The molecule has 0 aliphatic heterocycles. The Kier molecular flexibility index (Phi) is 5.83. The Morgan fingerprint density at radius 1 is 1.43 bits per heavy atom. The molecule has 1 amide bonds. The van der Waals surface area contributed by atoms with Gasteiger partial charge in [-0.1, -0.05) is 19.1 Å². The van der Waals surface area contributed by atoms with Gasteiger partial charge in [0.05, 0.1) is 4.92 Å². The van der Waals surface area contributed by atoms with Crippen LogP contribution in [0.25, 0.3) is 0 Å². The number of ether oxygens (including phenoxy) is 1. The quantitative estimate of drug-likeness (QED) is 0.491. The minimum Gasteiger partial charge on any atom is -0.449 e. The van der Waals surface area contributed by atoms with E-state index in [-0.39, 0.29) is 11.3 Å². The number of aryl methyl sites for hydroxylation is 1. The van der Waals surface area contributed by atoms with Crippen LogP contribution in [0.3, 0.4) is 0 Å². The van der Waals surface area contributed by atoms with Gasteiger partial charge in [-0.15, -0.1) is 0 Å². The van der Waals surface area contributed by atoms with E-state index in [9.17, 15) is 19.7 Å². The van der Waals surface area contributed by atoms with Gasteiger partial charge in [0.1, 0.15) is 5.56 Å². The Balaban J connectivity index is 2.90. The molecule has 1 aromatic rings. The van der Waals surface area contributed by atoms with Crippen molar-refractivity contribution in [1.29, 1.82) is 0 Å². The molecule has 1 unspecified atom stereocenters. The van der Waals surface area contributed by atoms with Crippen molar-refractivity contribution < 1.29 is 19.2 Å². The number of hydrogen-bond acceptors (Lipinski definition) is 5. The molecule has 1 rings (SSSR count). The average molecular weight is 294 g/mol. The number of carbonyl (C=O) groups is 2. The topological polar surface area (TPSA) is 98.5 Å². The number of carbonyl (C=O) groups excluding carboxylic acids is 2. The molecule has 114 valence electrons. The van der Waals surface area contributed by atoms with E-state index in [2.05, 4.69) is 5.32 Å². The van der Waals surface area contributed by atoms with Crippen molar-refractivity contribution >= 4 is 17.6 Å². The second-order valence-electron chi connectivity index (χ2n) is 4.56. The Morgan fingerprint density at radius 2 is 2.10 bits per heavy atom. The molecule has 0 fully saturated rings. The normalized spacial score (nSPS) is 11.6. The van der Waals surface area contributed by atoms with Crippen LogP contribution < -0.4 is 5.32 Å². The van der Waals surface area contributed by atoms with Crippen LogP contribution in [0.1, 0.15) is 36.2 Å². The molecular formula is C14H18N2O5. The molecule has 21 heavy (non-hydrogen) atoms. The Labute approximate surface area is 122 Å². The van der Waals surface area contributed by atoms with Crippen molar-refractivity contribution in [3.05, 3.63) is 39.4 Å². The van der Waals surface area contributed by atoms with Gasteiger partial charge in [0.2, 0.25) is 0 Å². The first kappa shape index (κ1) is 16.6. The van der Waals surface area contributed by atoms with Crippen molar-refractivity contribution in [2.75, 3.05) is 6.54 Å². The van der Waals surface area contributed by atoms with E-state index in [1.807, 2.05) is 6.92 Å². The zero-order chi connectivity index (χ0) is 16.0. The van der Waals surface area contributed by atoms with Gasteiger partial charge in [0.25, 0.3) is 11.6 Å². The molecule has 7 nitrogen and oxygen atoms in total. The van der Waals surface area contributed by atoms with E-state index in [1.165, 1.54) is 19.1 Å². The lowest BCUT2D eigenvalue weighted by Crippen LogP contribution is -2.36. The fourth-order valence-electron chi connectivity index (χ4n) is 1.73. The smallest absolute Gasteiger partial charge is 0.346 e. The molecule has 0 aromatic heterocycles. The molecular weight excluding hydrogens is 276 g/mol. The van der Waals surface area contributed by atoms with Gasteiger partial charge in [-0.25, -0.2) is 4.79 Å². The molecule has 0 radical (unpaired) electrons. The summed E-state index contributed by atoms with van der Waals surface area (Å²) in [4.78, 5) is 34.0. The fraction of sp³-hybridized carbons (Fsp3) is 0.429. The van der Waals surface area contributed by atoms with Crippen LogP contribution >= 0.6 is 0 Å². The van der Waals surface area contributed by atoms with Crippen molar-refractivity contribution in [1.82, 2.24) is 5.32 Å². The molecule has 0 heterocycles. The number of hydrogen-bond donors (Lipinski definition) is 1. The van der Waals surface area contributed by atoms with Crippen molar-refractivity contribution in [3.63, 3.8) is 0 Å². The van der Waals surface area contributed by atoms with Crippen LogP contribution in [-0.2, 0) is 9.53 Å². The molecule has 0 spiro atoms. The highest BCUT2D eigenvalue weighted by Gasteiger charge is 2.26. The third kappa shape index (κ3) is 4.27. The summed E-state index contributed by atoms with van der Waals surface area (Å²) in [6, 6.07) is 4.29. The van der Waals surface area contributed by atoms with Gasteiger partial charge in [0.15, 0.2) is 6.10 Å². The summed E-state index contributed by atoms with van der Waals surface area (Å²) in [5.41, 5.74) is -0.0332. The predicted molar refractivity (Wildman–Crippen MR) is 76.0 cm³/mol. The standard InChI is InChI=1S/C14H18N2O5/c1-4-8-15-13(17)10(3)21-14(18)12-9(2)6-5-7-11(12)16(19)20/h5-7,10H,4,8H2,1-3H3,(H,15,17). The minimum atomic E-state index is -1.01. The van der Waals surface area contributed by atoms with Crippen molar-refractivity contribution in [2.45, 2.75) is 33.3 Å². The number of esters is 1. The van der Waals surface area contributed by atoms with E-state index in [0.29, 0.717) is 12.1 Å². The maximum absolute atomic E-state index is 12.1. The first-order valence-corrected chi connectivity index (χ1v) is 6.61. The number of nitrogens with one attached hydrogen (secondary N) is 1. The molecule has 0 aliphatic rings. The highest BCUT2D eigenvalue weighted by molar-refractivity contribution is 5.97. The Morgan fingerprint density at radius 3 is 2.67 bits per heavy atom. The second kappa shape index (κ2) is 7.37. The van der Waals surface area contributed by atoms with E-state index < -0.39 is 22.9 Å². The van der Waals surface area contributed by atoms with Gasteiger partial charge in [-0.3, -0.25) is 14.9 Å². The monoisotopic (exact) mass is 294 g/mol. The number of amides is 1. The van der Waals surface area contributed by atoms with Crippen LogP contribution in [0.2, 0.25) is 0 Å². The molecule has 1 aromatic carbocycles. The summed E-state index contributed by atoms with van der Waals surface area (Å²) in [6.45, 7) is 5.37. The third-order valence-corrected chi connectivity index (χ3v) is 2.85. The largest absolute Gasteiger partial charge is 0.449 e. The lowest BCUT2D eigenvalue weighted by molar-refractivity contribution is -0.385. The summed E-state index contributed by atoms with van der Waals surface area (Å²) < 4.78 is 5.01. The zero-order valence-corrected chi connectivity index (χ0v) is 12.2. The number of benzene rings is 1. The minimum absolute atomic E-state index is 0.127. The number of nitro benzene ring substituents is 1. The highest BCUT2D eigenvalue weighted by Crippen LogP contribution is 2.23. The first-order valence-electron chi connectivity index (χ1n) is 6.61. The lowest BCUT2D eigenvalue weighted by Gasteiger charge is -2.14. The van der Waals surface area contributed by atoms with E-state index in [0.717, 1.165) is 6.42 Å². The Hall–Kier alpha value is -2.44. The summed E-state index contributed by atoms with van der Waals surface area (Å²) in [5, 5.41) is 13.5. The van der Waals surface area contributed by atoms with Gasteiger partial charge >= 0.3 is 5.97 Å². The lowest BCUT2D eigenvalue weighted by atomic mass is 10.1. The fourth-order valence-corrected chi connectivity index (χ4v) is 1.73. The first-order chi connectivity index (χ1) is 9.88. The van der Waals surface area contributed by atoms with E-state index >= 15 is 0 Å². The maximum atomic E-state index is 12.1. The van der Waals surface area contributed by atoms with Crippen LogP contribution in [0.4, 0.5) is 5.69 Å². The van der Waals surface area contributed by atoms with Crippen LogP contribution in [0.5, 0.6) is 0 Å². The molecule has 0 aliphatic carbocycles. The Bertz CT molecular complexity index is 556. The molecule has 0 saturated carbocycles. The number of nitrogens with zero attached hydrogens (tertiary/aromatic N) is 1. The van der Waals surface area contributed by atoms with Gasteiger partial charge in [-0.05, 0) is 25.8 Å². The van der Waals surface area contributed by atoms with Gasteiger partial charge < -0.3 is 10.1 Å².